The number of hydrogen-bond donors (Lipinski definition) is 0. The van der Waals surface area contributed by atoms with Crippen LogP contribution in [0.3, 0.4) is 0 Å². The highest BCUT2D eigenvalue weighted by Gasteiger charge is 2.24. The van der Waals surface area contributed by atoms with Crippen LogP contribution in [0.1, 0.15) is 48.9 Å². The zero-order valence-electron chi connectivity index (χ0n) is 21.4. The number of rotatable bonds is 5. The van der Waals surface area contributed by atoms with E-state index in [1.54, 1.807) is 0 Å². The molecule has 37 heavy (non-hydrogen) atoms. The van der Waals surface area contributed by atoms with Gasteiger partial charge in [0, 0.05) is 14.9 Å². The van der Waals surface area contributed by atoms with Crippen molar-refractivity contribution in [2.45, 2.75) is 32.1 Å². The van der Waals surface area contributed by atoms with E-state index in [-0.39, 0.29) is 11.3 Å². The molecule has 5 aromatic carbocycles. The van der Waals surface area contributed by atoms with E-state index < -0.39 is 0 Å². The van der Waals surface area contributed by atoms with Crippen molar-refractivity contribution in [3.8, 4) is 22.3 Å². The van der Waals surface area contributed by atoms with E-state index in [0.29, 0.717) is 0 Å². The highest BCUT2D eigenvalue weighted by Crippen LogP contribution is 2.42. The molecule has 5 rings (SSSR count). The van der Waals surface area contributed by atoms with E-state index in [0.717, 1.165) is 8.95 Å². The van der Waals surface area contributed by atoms with Crippen molar-refractivity contribution in [2.24, 2.45) is 0 Å². The molecule has 0 saturated heterocycles. The summed E-state index contributed by atoms with van der Waals surface area (Å²) in [5.41, 5.74) is 10.1. The highest BCUT2D eigenvalue weighted by molar-refractivity contribution is 9.10. The van der Waals surface area contributed by atoms with E-state index >= 15 is 0 Å². The normalized spacial score (nSPS) is 12.4. The Hall–Kier alpha value is -2.94. The molecule has 0 spiro atoms. The molecule has 0 heterocycles. The minimum atomic E-state index is 0.0414. The Labute approximate surface area is 237 Å². The minimum absolute atomic E-state index is 0.0414. The molecule has 5 aromatic rings. The molecule has 0 fully saturated rings. The molecule has 0 aliphatic heterocycles. The molecular weight excluding hydrogens is 580 g/mol. The van der Waals surface area contributed by atoms with Gasteiger partial charge in [-0.2, -0.15) is 0 Å². The largest absolute Gasteiger partial charge is 0.0622 e. The van der Waals surface area contributed by atoms with Crippen molar-refractivity contribution in [3.63, 3.8) is 0 Å². The lowest BCUT2D eigenvalue weighted by Crippen LogP contribution is -2.13. The van der Waals surface area contributed by atoms with Crippen molar-refractivity contribution in [2.75, 3.05) is 0 Å². The maximum Gasteiger partial charge on any atom is 0.0347 e. The summed E-state index contributed by atoms with van der Waals surface area (Å²) in [7, 11) is 0. The lowest BCUT2D eigenvalue weighted by atomic mass is 9.78. The van der Waals surface area contributed by atoms with Gasteiger partial charge in [-0.25, -0.2) is 0 Å². The predicted octanol–water partition coefficient (Wildman–Crippen LogP) is 11.0. The molecule has 1 atom stereocenters. The summed E-state index contributed by atoms with van der Waals surface area (Å²) < 4.78 is 2.19. The van der Waals surface area contributed by atoms with E-state index in [1.165, 1.54) is 44.5 Å². The molecule has 0 radical (unpaired) electrons. The summed E-state index contributed by atoms with van der Waals surface area (Å²) in [6.45, 7) is 6.82. The molecule has 1 unspecified atom stereocenters. The molecule has 0 amide bonds. The van der Waals surface area contributed by atoms with Gasteiger partial charge in [-0.05, 0) is 80.3 Å². The highest BCUT2D eigenvalue weighted by atomic mass is 79.9. The molecule has 0 bridgehead atoms. The van der Waals surface area contributed by atoms with Gasteiger partial charge in [0.05, 0.1) is 0 Å². The van der Waals surface area contributed by atoms with Gasteiger partial charge in [-0.1, -0.05) is 144 Å². The van der Waals surface area contributed by atoms with Crippen LogP contribution >= 0.6 is 31.9 Å². The van der Waals surface area contributed by atoms with Crippen molar-refractivity contribution in [3.05, 3.63) is 153 Å². The molecule has 2 heteroatoms. The zero-order chi connectivity index (χ0) is 26.0. The molecule has 0 nitrogen and oxygen atoms in total. The second-order valence-corrected chi connectivity index (χ2v) is 12.4. The summed E-state index contributed by atoms with van der Waals surface area (Å²) in [4.78, 5) is 0. The predicted molar refractivity (Wildman–Crippen MR) is 165 cm³/mol. The van der Waals surface area contributed by atoms with Crippen LogP contribution in [0.25, 0.3) is 22.3 Å². The SMILES string of the molecule is CC(C)(C)c1cc(Br)cc(C(c2cccc(Br)c2)c2ccc(-c3ccccc3)cc2-c2ccccc2)c1. The Kier molecular flexibility index (Phi) is 7.51. The summed E-state index contributed by atoms with van der Waals surface area (Å²) in [6, 6.07) is 44.0. The van der Waals surface area contributed by atoms with Crippen LogP contribution < -0.4 is 0 Å². The van der Waals surface area contributed by atoms with E-state index in [4.69, 9.17) is 0 Å². The summed E-state index contributed by atoms with van der Waals surface area (Å²) >= 11 is 7.56. The van der Waals surface area contributed by atoms with Crippen molar-refractivity contribution < 1.29 is 0 Å². The number of benzene rings is 5. The van der Waals surface area contributed by atoms with Gasteiger partial charge in [0.2, 0.25) is 0 Å². The van der Waals surface area contributed by atoms with Gasteiger partial charge in [0.15, 0.2) is 0 Å². The molecular formula is C35H30Br2. The summed E-state index contributed by atoms with van der Waals surface area (Å²) in [6.07, 6.45) is 0. The third-order valence-electron chi connectivity index (χ3n) is 6.86. The first-order chi connectivity index (χ1) is 17.8. The smallest absolute Gasteiger partial charge is 0.0347 e. The lowest BCUT2D eigenvalue weighted by molar-refractivity contribution is 0.588. The lowest BCUT2D eigenvalue weighted by Gasteiger charge is -2.26. The van der Waals surface area contributed by atoms with Gasteiger partial charge >= 0.3 is 0 Å². The third-order valence-corrected chi connectivity index (χ3v) is 7.81. The van der Waals surface area contributed by atoms with Gasteiger partial charge in [-0.3, -0.25) is 0 Å². The fraction of sp³-hybridized carbons (Fsp3) is 0.143. The number of hydrogen-bond acceptors (Lipinski definition) is 0. The fourth-order valence-electron chi connectivity index (χ4n) is 4.94. The average molecular weight is 610 g/mol. The van der Waals surface area contributed by atoms with Crippen molar-refractivity contribution in [1.29, 1.82) is 0 Å². The van der Waals surface area contributed by atoms with Crippen LogP contribution in [-0.4, -0.2) is 0 Å². The molecule has 0 saturated carbocycles. The second kappa shape index (κ2) is 10.8. The molecule has 0 N–H and O–H groups in total. The topological polar surface area (TPSA) is 0 Å². The summed E-state index contributed by atoms with van der Waals surface area (Å²) in [5, 5.41) is 0. The average Bonchev–Trinajstić information content (AvgIpc) is 2.89. The van der Waals surface area contributed by atoms with E-state index in [9.17, 15) is 0 Å². The zero-order valence-corrected chi connectivity index (χ0v) is 24.6. The quantitative estimate of drug-likeness (QED) is 0.174. The Morgan fingerprint density at radius 1 is 0.514 bits per heavy atom. The molecule has 0 aliphatic rings. The van der Waals surface area contributed by atoms with Crippen LogP contribution in [0, 0.1) is 0 Å². The Morgan fingerprint density at radius 3 is 1.81 bits per heavy atom. The maximum absolute atomic E-state index is 3.83. The van der Waals surface area contributed by atoms with Gasteiger partial charge in [0.25, 0.3) is 0 Å². The van der Waals surface area contributed by atoms with Crippen LogP contribution in [0.2, 0.25) is 0 Å². The summed E-state index contributed by atoms with van der Waals surface area (Å²) in [5.74, 6) is 0.0659. The first-order valence-electron chi connectivity index (χ1n) is 12.6. The van der Waals surface area contributed by atoms with E-state index in [1.807, 2.05) is 0 Å². The Morgan fingerprint density at radius 2 is 1.16 bits per heavy atom. The van der Waals surface area contributed by atoms with Gasteiger partial charge < -0.3 is 0 Å². The fourth-order valence-corrected chi connectivity index (χ4v) is 5.86. The monoisotopic (exact) mass is 608 g/mol. The van der Waals surface area contributed by atoms with Gasteiger partial charge in [0.1, 0.15) is 0 Å². The van der Waals surface area contributed by atoms with Crippen molar-refractivity contribution >= 4 is 31.9 Å². The van der Waals surface area contributed by atoms with Crippen LogP contribution in [0.4, 0.5) is 0 Å². The second-order valence-electron chi connectivity index (χ2n) is 10.5. The molecule has 0 aliphatic carbocycles. The standard InChI is InChI=1S/C35H30Br2/c1-35(2,3)29-19-28(21-31(37)23-29)34(27-15-10-16-30(36)20-27)32-18-17-26(24-11-6-4-7-12-24)22-33(32)25-13-8-5-9-14-25/h4-23,34H,1-3H3. The van der Waals surface area contributed by atoms with E-state index in [2.05, 4.69) is 174 Å². The maximum atomic E-state index is 3.83. The third kappa shape index (κ3) is 5.81. The van der Waals surface area contributed by atoms with Crippen LogP contribution in [0.5, 0.6) is 0 Å². The Balaban J connectivity index is 1.79. The van der Waals surface area contributed by atoms with Crippen molar-refractivity contribution in [1.82, 2.24) is 0 Å². The first-order valence-corrected chi connectivity index (χ1v) is 14.2. The molecule has 0 aromatic heterocycles. The van der Waals surface area contributed by atoms with Gasteiger partial charge in [-0.15, -0.1) is 0 Å². The minimum Gasteiger partial charge on any atom is -0.0622 e. The molecule has 184 valence electrons. The first kappa shape index (κ1) is 25.7. The van der Waals surface area contributed by atoms with Crippen LogP contribution in [-0.2, 0) is 5.41 Å². The number of halogens is 2. The van der Waals surface area contributed by atoms with Crippen LogP contribution in [0.15, 0.2) is 130 Å². The Bertz CT molecular complexity index is 1510.